The Hall–Kier alpha value is -5.72. The number of hydrogen-bond acceptors (Lipinski definition) is 5. The first kappa shape index (κ1) is 32.7. The molecule has 0 unspecified atom stereocenters. The zero-order valence-corrected chi connectivity index (χ0v) is 31.2. The summed E-state index contributed by atoms with van der Waals surface area (Å²) in [4.78, 5) is 16.5. The third-order valence-corrected chi connectivity index (χ3v) is 15.0. The maximum absolute atomic E-state index is 14.5. The van der Waals surface area contributed by atoms with Crippen molar-refractivity contribution in [2.24, 2.45) is 23.7 Å². The highest BCUT2D eigenvalue weighted by Crippen LogP contribution is 2.68. The molecule has 5 nitrogen and oxygen atoms in total. The van der Waals surface area contributed by atoms with Crippen LogP contribution in [0.4, 0.5) is 0 Å². The molecule has 4 fully saturated rings. The number of sulfone groups is 1. The molecule has 5 aliphatic rings. The van der Waals surface area contributed by atoms with Gasteiger partial charge in [0.2, 0.25) is 9.84 Å². The summed E-state index contributed by atoms with van der Waals surface area (Å²) < 4.78 is 29.0. The maximum Gasteiger partial charge on any atom is 0.207 e. The molecule has 1 spiro atoms. The van der Waals surface area contributed by atoms with Crippen LogP contribution < -0.4 is 0 Å². The molecule has 12 rings (SSSR count). The van der Waals surface area contributed by atoms with Crippen LogP contribution in [0.15, 0.2) is 161 Å². The molecule has 1 aromatic heterocycles. The Bertz CT molecular complexity index is 2620. The molecule has 4 bridgehead atoms. The Kier molecular flexibility index (Phi) is 7.37. The van der Waals surface area contributed by atoms with E-state index in [1.54, 1.807) is 0 Å². The third-order valence-electron chi connectivity index (χ3n) is 13.1. The number of hydrogen-bond donors (Lipinski definition) is 0. The fraction of sp³-hybridized carbons (Fsp3) is 0.204. The molecule has 55 heavy (non-hydrogen) atoms. The van der Waals surface area contributed by atoms with E-state index in [1.807, 2.05) is 78.9 Å². The smallest absolute Gasteiger partial charge is 0.207 e. The SMILES string of the molecule is O=S1(=O)c2ccccc2C2(c3cc(-c4nc(-c5cccc(-c6ccccc6)c5)nc(-c5cccc(-c6ccccc6)c5)n4)ccc31)C1CC3CC(C1)CC2C3. The first-order chi connectivity index (χ1) is 26.9. The summed E-state index contributed by atoms with van der Waals surface area (Å²) >= 11 is 0. The lowest BCUT2D eigenvalue weighted by molar-refractivity contribution is -0.0446. The van der Waals surface area contributed by atoms with Gasteiger partial charge in [0.05, 0.1) is 9.79 Å². The van der Waals surface area contributed by atoms with E-state index in [-0.39, 0.29) is 5.41 Å². The van der Waals surface area contributed by atoms with Gasteiger partial charge in [-0.2, -0.15) is 0 Å². The number of fused-ring (bicyclic) bond motifs is 2. The highest BCUT2D eigenvalue weighted by atomic mass is 32.2. The maximum atomic E-state index is 14.5. The monoisotopic (exact) mass is 733 g/mol. The van der Waals surface area contributed by atoms with E-state index in [0.717, 1.165) is 87.6 Å². The average Bonchev–Trinajstić information content (AvgIpc) is 3.24. The van der Waals surface area contributed by atoms with Gasteiger partial charge in [0.15, 0.2) is 17.5 Å². The van der Waals surface area contributed by atoms with Gasteiger partial charge < -0.3 is 0 Å². The fourth-order valence-electron chi connectivity index (χ4n) is 11.0. The molecule has 0 N–H and O–H groups in total. The van der Waals surface area contributed by atoms with Crippen molar-refractivity contribution in [3.8, 4) is 56.4 Å². The van der Waals surface area contributed by atoms with E-state index in [0.29, 0.717) is 39.1 Å². The lowest BCUT2D eigenvalue weighted by Crippen LogP contribution is -2.57. The Balaban J connectivity index is 1.12. The quantitative estimate of drug-likeness (QED) is 0.176. The second kappa shape index (κ2) is 12.4. The van der Waals surface area contributed by atoms with Crippen LogP contribution in [0.2, 0.25) is 0 Å². The normalized spacial score (nSPS) is 24.0. The van der Waals surface area contributed by atoms with Crippen LogP contribution in [0.5, 0.6) is 0 Å². The van der Waals surface area contributed by atoms with Crippen molar-refractivity contribution in [1.29, 1.82) is 0 Å². The second-order valence-corrected chi connectivity index (χ2v) is 18.0. The van der Waals surface area contributed by atoms with Gasteiger partial charge in [-0.3, -0.25) is 0 Å². The van der Waals surface area contributed by atoms with Crippen molar-refractivity contribution >= 4 is 9.84 Å². The summed E-state index contributed by atoms with van der Waals surface area (Å²) in [6.45, 7) is 0. The predicted octanol–water partition coefficient (Wildman–Crippen LogP) is 11.1. The van der Waals surface area contributed by atoms with Crippen LogP contribution in [-0.4, -0.2) is 23.4 Å². The van der Waals surface area contributed by atoms with Gasteiger partial charge in [0.1, 0.15) is 0 Å². The van der Waals surface area contributed by atoms with Crippen molar-refractivity contribution in [3.05, 3.63) is 163 Å². The van der Waals surface area contributed by atoms with Crippen molar-refractivity contribution in [2.75, 3.05) is 0 Å². The summed E-state index contributed by atoms with van der Waals surface area (Å²) in [6, 6.07) is 51.1. The molecule has 6 aromatic carbocycles. The molecule has 0 saturated heterocycles. The van der Waals surface area contributed by atoms with Crippen LogP contribution >= 0.6 is 0 Å². The van der Waals surface area contributed by atoms with Crippen LogP contribution in [-0.2, 0) is 15.3 Å². The van der Waals surface area contributed by atoms with E-state index in [1.165, 1.54) is 6.42 Å². The largest absolute Gasteiger partial charge is 0.218 e. The van der Waals surface area contributed by atoms with Crippen molar-refractivity contribution in [3.63, 3.8) is 0 Å². The third kappa shape index (κ3) is 5.11. The predicted molar refractivity (Wildman–Crippen MR) is 217 cm³/mol. The zero-order chi connectivity index (χ0) is 36.7. The molecule has 6 heteroatoms. The number of rotatable bonds is 5. The molecule has 2 heterocycles. The van der Waals surface area contributed by atoms with E-state index < -0.39 is 9.84 Å². The van der Waals surface area contributed by atoms with E-state index >= 15 is 0 Å². The van der Waals surface area contributed by atoms with E-state index in [9.17, 15) is 8.42 Å². The highest BCUT2D eigenvalue weighted by molar-refractivity contribution is 7.91. The molecule has 0 radical (unpaired) electrons. The highest BCUT2D eigenvalue weighted by Gasteiger charge is 2.62. The van der Waals surface area contributed by atoms with Gasteiger partial charge in [-0.15, -0.1) is 0 Å². The minimum Gasteiger partial charge on any atom is -0.218 e. The number of nitrogens with zero attached hydrogens (tertiary/aromatic N) is 3. The summed E-state index contributed by atoms with van der Waals surface area (Å²) in [7, 11) is -3.73. The molecule has 0 atom stereocenters. The first-order valence-electron chi connectivity index (χ1n) is 19.5. The van der Waals surface area contributed by atoms with Crippen molar-refractivity contribution in [2.45, 2.75) is 47.3 Å². The van der Waals surface area contributed by atoms with E-state index in [4.69, 9.17) is 15.0 Å². The topological polar surface area (TPSA) is 72.8 Å². The van der Waals surface area contributed by atoms with Gasteiger partial charge >= 0.3 is 0 Å². The molecular weight excluding hydrogens is 695 g/mol. The van der Waals surface area contributed by atoms with Crippen LogP contribution in [0.3, 0.4) is 0 Å². The Morgan fingerprint density at radius 3 is 1.38 bits per heavy atom. The molecular formula is C49H39N3O2S. The van der Waals surface area contributed by atoms with Gasteiger partial charge in [0.25, 0.3) is 0 Å². The number of aromatic nitrogens is 3. The number of benzene rings is 6. The molecule has 0 amide bonds. The first-order valence-corrected chi connectivity index (χ1v) is 21.0. The van der Waals surface area contributed by atoms with Gasteiger partial charge in [0, 0.05) is 22.1 Å². The molecule has 4 aliphatic carbocycles. The lowest BCUT2D eigenvalue weighted by Gasteiger charge is -2.63. The molecule has 7 aromatic rings. The zero-order valence-electron chi connectivity index (χ0n) is 30.3. The van der Waals surface area contributed by atoms with Gasteiger partial charge in [-0.25, -0.2) is 23.4 Å². The van der Waals surface area contributed by atoms with Crippen LogP contribution in [0.25, 0.3) is 56.4 Å². The molecule has 4 saturated carbocycles. The second-order valence-electron chi connectivity index (χ2n) is 16.1. The summed E-state index contributed by atoms with van der Waals surface area (Å²) in [6.07, 6.45) is 5.94. The summed E-state index contributed by atoms with van der Waals surface area (Å²) in [5.41, 5.74) is 8.56. The van der Waals surface area contributed by atoms with Gasteiger partial charge in [-0.05, 0) is 126 Å². The Morgan fingerprint density at radius 2 is 0.836 bits per heavy atom. The Morgan fingerprint density at radius 1 is 0.400 bits per heavy atom. The van der Waals surface area contributed by atoms with Gasteiger partial charge in [-0.1, -0.05) is 115 Å². The minimum atomic E-state index is -3.73. The molecule has 268 valence electrons. The van der Waals surface area contributed by atoms with E-state index in [2.05, 4.69) is 72.8 Å². The average molecular weight is 734 g/mol. The van der Waals surface area contributed by atoms with Crippen molar-refractivity contribution in [1.82, 2.24) is 15.0 Å². The lowest BCUT2D eigenvalue weighted by atomic mass is 9.42. The standard InChI is InChI=1S/C49H39N3O2S/c53-55(54)44-20-8-7-19-42(44)49(40-24-31-23-32(26-40)27-41(49)25-31)43-30-39(21-22-45(43)55)48-51-46(37-17-9-15-35(28-37)33-11-3-1-4-12-33)50-47(52-48)38-18-10-16-36(29-38)34-13-5-2-6-14-34/h1-22,28-32,40-41H,23-27H2. The summed E-state index contributed by atoms with van der Waals surface area (Å²) in [5.74, 6) is 3.95. The minimum absolute atomic E-state index is 0.354. The summed E-state index contributed by atoms with van der Waals surface area (Å²) in [5, 5.41) is 0. The van der Waals surface area contributed by atoms with Crippen LogP contribution in [0, 0.1) is 23.7 Å². The van der Waals surface area contributed by atoms with Crippen molar-refractivity contribution < 1.29 is 8.42 Å². The molecule has 1 aliphatic heterocycles. The fourth-order valence-corrected chi connectivity index (χ4v) is 12.8. The van der Waals surface area contributed by atoms with Crippen LogP contribution in [0.1, 0.15) is 43.2 Å². The Labute approximate surface area is 322 Å².